The Balaban J connectivity index is 0.00000192. The third-order valence-corrected chi connectivity index (χ3v) is 8.14. The first-order chi connectivity index (χ1) is 13.0. The summed E-state index contributed by atoms with van der Waals surface area (Å²) in [5, 5.41) is 4.50. The van der Waals surface area contributed by atoms with Gasteiger partial charge in [0, 0.05) is 11.6 Å². The molecular formula is C22H29ClN2O2S. The van der Waals surface area contributed by atoms with Crippen molar-refractivity contribution in [1.82, 2.24) is 10.2 Å². The number of nitrogens with zero attached hydrogens (tertiary/aromatic N) is 1. The van der Waals surface area contributed by atoms with Crippen LogP contribution in [0.15, 0.2) is 18.2 Å². The highest BCUT2D eigenvalue weighted by molar-refractivity contribution is 7.21. The van der Waals surface area contributed by atoms with E-state index in [-0.39, 0.29) is 29.9 Å². The van der Waals surface area contributed by atoms with Crippen LogP contribution >= 0.6 is 23.7 Å². The van der Waals surface area contributed by atoms with Crippen LogP contribution in [0.3, 0.4) is 0 Å². The number of rotatable bonds is 4. The zero-order valence-electron chi connectivity index (χ0n) is 16.8. The van der Waals surface area contributed by atoms with Gasteiger partial charge in [0.2, 0.25) is 0 Å². The second-order valence-corrected chi connectivity index (χ2v) is 9.97. The lowest BCUT2D eigenvalue weighted by atomic mass is 9.72. The third-order valence-electron chi connectivity index (χ3n) is 6.99. The van der Waals surface area contributed by atoms with E-state index in [2.05, 4.69) is 36.2 Å². The van der Waals surface area contributed by atoms with Gasteiger partial charge in [0.1, 0.15) is 5.75 Å². The number of ether oxygens (including phenoxy) is 1. The van der Waals surface area contributed by atoms with Crippen molar-refractivity contribution in [3.05, 3.63) is 28.6 Å². The highest BCUT2D eigenvalue weighted by Crippen LogP contribution is 2.48. The average Bonchev–Trinajstić information content (AvgIpc) is 3.41. The number of carbonyl (C=O) groups is 1. The molecule has 1 aromatic heterocycles. The lowest BCUT2D eigenvalue weighted by molar-refractivity contribution is -0.0377. The third kappa shape index (κ3) is 3.12. The van der Waals surface area contributed by atoms with Crippen molar-refractivity contribution in [2.45, 2.75) is 57.0 Å². The second-order valence-electron chi connectivity index (χ2n) is 8.92. The van der Waals surface area contributed by atoms with Crippen LogP contribution < -0.4 is 10.1 Å². The summed E-state index contributed by atoms with van der Waals surface area (Å²) < 4.78 is 6.86. The Morgan fingerprint density at radius 2 is 1.93 bits per heavy atom. The van der Waals surface area contributed by atoms with E-state index in [1.54, 1.807) is 18.4 Å². The summed E-state index contributed by atoms with van der Waals surface area (Å²) in [4.78, 5) is 16.4. The summed E-state index contributed by atoms with van der Waals surface area (Å²) in [6.45, 7) is 6.88. The number of halogens is 1. The summed E-state index contributed by atoms with van der Waals surface area (Å²) in [5.41, 5.74) is 1.34. The Bertz CT molecular complexity index is 897. The Morgan fingerprint density at radius 1 is 1.21 bits per heavy atom. The zero-order valence-corrected chi connectivity index (χ0v) is 18.4. The van der Waals surface area contributed by atoms with Gasteiger partial charge in [0.05, 0.1) is 16.7 Å². The molecule has 3 saturated heterocycles. The Kier molecular flexibility index (Phi) is 5.13. The van der Waals surface area contributed by atoms with Crippen LogP contribution in [0, 0.1) is 5.92 Å². The lowest BCUT2D eigenvalue weighted by Gasteiger charge is -2.56. The van der Waals surface area contributed by atoms with E-state index in [1.165, 1.54) is 31.2 Å². The van der Waals surface area contributed by atoms with E-state index in [4.69, 9.17) is 4.74 Å². The molecule has 1 N–H and O–H groups in total. The molecule has 6 rings (SSSR count). The van der Waals surface area contributed by atoms with E-state index in [1.807, 2.05) is 6.07 Å². The van der Waals surface area contributed by atoms with Crippen LogP contribution in [-0.2, 0) is 0 Å². The van der Waals surface area contributed by atoms with Gasteiger partial charge in [-0.25, -0.2) is 0 Å². The first-order valence-electron chi connectivity index (χ1n) is 10.2. The van der Waals surface area contributed by atoms with E-state index in [9.17, 15) is 4.79 Å². The molecule has 0 radical (unpaired) electrons. The second kappa shape index (κ2) is 7.19. The van der Waals surface area contributed by atoms with Crippen molar-refractivity contribution in [2.24, 2.45) is 5.92 Å². The fourth-order valence-electron chi connectivity index (χ4n) is 5.22. The molecule has 1 unspecified atom stereocenters. The van der Waals surface area contributed by atoms with Crippen LogP contribution in [0.2, 0.25) is 0 Å². The summed E-state index contributed by atoms with van der Waals surface area (Å²) in [6.07, 6.45) is 4.88. The summed E-state index contributed by atoms with van der Waals surface area (Å²) in [7, 11) is 1.75. The predicted molar refractivity (Wildman–Crippen MR) is 117 cm³/mol. The Hall–Kier alpha value is -1.30. The van der Waals surface area contributed by atoms with Crippen LogP contribution in [0.4, 0.5) is 0 Å². The van der Waals surface area contributed by atoms with Crippen molar-refractivity contribution in [1.29, 1.82) is 0 Å². The minimum absolute atomic E-state index is 0. The molecule has 1 amide bonds. The molecule has 2 bridgehead atoms. The first-order valence-corrected chi connectivity index (χ1v) is 11.0. The minimum atomic E-state index is 0. The number of nitrogens with one attached hydrogen (secondary N) is 1. The highest BCUT2D eigenvalue weighted by Gasteiger charge is 2.48. The molecule has 4 aliphatic rings. The van der Waals surface area contributed by atoms with E-state index >= 15 is 0 Å². The zero-order chi connectivity index (χ0) is 18.8. The van der Waals surface area contributed by atoms with Crippen LogP contribution in [0.5, 0.6) is 5.75 Å². The van der Waals surface area contributed by atoms with Crippen molar-refractivity contribution >= 4 is 39.7 Å². The van der Waals surface area contributed by atoms with E-state index < -0.39 is 0 Å². The van der Waals surface area contributed by atoms with Gasteiger partial charge in [-0.05, 0) is 81.5 Å². The molecule has 4 nitrogen and oxygen atoms in total. The normalized spacial score (nSPS) is 28.0. The topological polar surface area (TPSA) is 41.6 Å². The minimum Gasteiger partial charge on any atom is -0.495 e. The molecule has 0 spiro atoms. The monoisotopic (exact) mass is 420 g/mol. The number of benzene rings is 1. The highest BCUT2D eigenvalue weighted by atomic mass is 35.5. The van der Waals surface area contributed by atoms with Crippen molar-refractivity contribution in [3.63, 3.8) is 0 Å². The quantitative estimate of drug-likeness (QED) is 0.771. The molecule has 28 heavy (non-hydrogen) atoms. The number of hydrogen-bond acceptors (Lipinski definition) is 4. The predicted octanol–water partition coefficient (Wildman–Crippen LogP) is 4.81. The van der Waals surface area contributed by atoms with E-state index in [0.717, 1.165) is 33.8 Å². The fraction of sp³-hybridized carbons (Fsp3) is 0.591. The first kappa shape index (κ1) is 20.0. The summed E-state index contributed by atoms with van der Waals surface area (Å²) >= 11 is 1.57. The van der Waals surface area contributed by atoms with E-state index in [0.29, 0.717) is 11.8 Å². The number of hydrogen-bond donors (Lipinski definition) is 1. The molecule has 1 aromatic carbocycles. The smallest absolute Gasteiger partial charge is 0.261 e. The molecule has 4 heterocycles. The molecule has 6 heteroatoms. The number of fused-ring (bicyclic) bond motifs is 4. The summed E-state index contributed by atoms with van der Waals surface area (Å²) in [6, 6.07) is 6.59. The van der Waals surface area contributed by atoms with Gasteiger partial charge in [0.25, 0.3) is 5.91 Å². The molecule has 1 aliphatic carbocycles. The molecule has 1 atom stereocenters. The maximum absolute atomic E-state index is 13.1. The maximum atomic E-state index is 13.1. The van der Waals surface area contributed by atoms with Crippen LogP contribution in [0.1, 0.15) is 60.7 Å². The van der Waals surface area contributed by atoms with Crippen molar-refractivity contribution < 1.29 is 9.53 Å². The Labute approximate surface area is 177 Å². The molecule has 1 saturated carbocycles. The Morgan fingerprint density at radius 3 is 2.54 bits per heavy atom. The van der Waals surface area contributed by atoms with Crippen molar-refractivity contribution in [3.8, 4) is 5.75 Å². The van der Waals surface area contributed by atoms with Gasteiger partial charge < -0.3 is 10.1 Å². The van der Waals surface area contributed by atoms with Gasteiger partial charge in [-0.2, -0.15) is 0 Å². The summed E-state index contributed by atoms with van der Waals surface area (Å²) in [5.74, 6) is 2.27. The molecule has 2 aromatic rings. The average molecular weight is 421 g/mol. The molecule has 3 aliphatic heterocycles. The largest absolute Gasteiger partial charge is 0.495 e. The number of thiophene rings is 1. The number of piperidine rings is 3. The van der Waals surface area contributed by atoms with Crippen molar-refractivity contribution in [2.75, 3.05) is 20.2 Å². The maximum Gasteiger partial charge on any atom is 0.261 e. The SMILES string of the molecule is COc1c(C2CC2)ccc2cc(C(=O)NC3C4CCN(CC4)C3(C)C)sc12.Cl. The number of amides is 1. The van der Waals surface area contributed by atoms with Gasteiger partial charge >= 0.3 is 0 Å². The molecule has 152 valence electrons. The molecule has 4 fully saturated rings. The standard InChI is InChI=1S/C22H28N2O2S.ClH/c1-22(2)20(14-8-10-24(22)11-9-14)23-21(25)17-12-15-6-7-16(13-4-5-13)18(26-3)19(15)27-17;/h6-7,12-14,20H,4-5,8-11H2,1-3H3,(H,23,25);1H. The van der Waals surface area contributed by atoms with Gasteiger partial charge in [-0.15, -0.1) is 23.7 Å². The number of methoxy groups -OCH3 is 1. The van der Waals surface area contributed by atoms with Gasteiger partial charge in [0.15, 0.2) is 0 Å². The van der Waals surface area contributed by atoms with Crippen LogP contribution in [-0.4, -0.2) is 42.6 Å². The fourth-order valence-corrected chi connectivity index (χ4v) is 6.32. The van der Waals surface area contributed by atoms with Crippen LogP contribution in [0.25, 0.3) is 10.1 Å². The van der Waals surface area contributed by atoms with Gasteiger partial charge in [-0.3, -0.25) is 9.69 Å². The number of carbonyl (C=O) groups excluding carboxylic acids is 1. The lowest BCUT2D eigenvalue weighted by Crippen LogP contribution is -2.69. The molecular weight excluding hydrogens is 392 g/mol. The van der Waals surface area contributed by atoms with Gasteiger partial charge in [-0.1, -0.05) is 12.1 Å².